The predicted octanol–water partition coefficient (Wildman–Crippen LogP) is 2.71. The van der Waals surface area contributed by atoms with Crippen molar-refractivity contribution < 1.29 is 23.4 Å². The van der Waals surface area contributed by atoms with Gasteiger partial charge in [-0.3, -0.25) is 0 Å². The topological polar surface area (TPSA) is 58.6 Å². The summed E-state index contributed by atoms with van der Waals surface area (Å²) in [7, 11) is 0. The Morgan fingerprint density at radius 3 is 2.62 bits per heavy atom. The molecule has 0 radical (unpaired) electrons. The second-order valence-electron chi connectivity index (χ2n) is 5.45. The fraction of sp³-hybridized carbons (Fsp3) is 0.533. The van der Waals surface area contributed by atoms with Crippen molar-refractivity contribution in [1.82, 2.24) is 5.32 Å². The molecular formula is C15H19F2NO3. The van der Waals surface area contributed by atoms with E-state index in [1.54, 1.807) is 0 Å². The standard InChI is InChI=1S/C15H19F2NO3/c16-15(17)7-12(8-15)6-13(9-19)18-14(20)21-10-11-4-2-1-3-5-11/h1-5,12-13,19H,6-10H2,(H,18,20). The van der Waals surface area contributed by atoms with Crippen LogP contribution in [0.3, 0.4) is 0 Å². The van der Waals surface area contributed by atoms with Crippen molar-refractivity contribution in [2.75, 3.05) is 6.61 Å². The Hall–Kier alpha value is -1.69. The number of halogens is 2. The number of hydrogen-bond acceptors (Lipinski definition) is 3. The van der Waals surface area contributed by atoms with Crippen molar-refractivity contribution >= 4 is 6.09 Å². The summed E-state index contributed by atoms with van der Waals surface area (Å²) in [6.45, 7) is -0.158. The number of alkyl halides is 2. The molecule has 0 spiro atoms. The second-order valence-corrected chi connectivity index (χ2v) is 5.45. The van der Waals surface area contributed by atoms with Gasteiger partial charge in [-0.1, -0.05) is 30.3 Å². The summed E-state index contributed by atoms with van der Waals surface area (Å²) < 4.78 is 30.5. The molecule has 21 heavy (non-hydrogen) atoms. The molecule has 6 heteroatoms. The Morgan fingerprint density at radius 1 is 1.38 bits per heavy atom. The number of carbonyl (C=O) groups excluding carboxylic acids is 1. The van der Waals surface area contributed by atoms with Crippen LogP contribution in [-0.2, 0) is 11.3 Å². The van der Waals surface area contributed by atoms with Crippen molar-refractivity contribution in [2.24, 2.45) is 5.92 Å². The van der Waals surface area contributed by atoms with Crippen molar-refractivity contribution in [2.45, 2.75) is 37.8 Å². The molecule has 1 atom stereocenters. The highest BCUT2D eigenvalue weighted by atomic mass is 19.3. The van der Waals surface area contributed by atoms with Crippen LogP contribution in [0.5, 0.6) is 0 Å². The zero-order valence-corrected chi connectivity index (χ0v) is 11.6. The highest BCUT2D eigenvalue weighted by Gasteiger charge is 2.45. The fourth-order valence-corrected chi connectivity index (χ4v) is 2.46. The number of amides is 1. The van der Waals surface area contributed by atoms with E-state index in [9.17, 15) is 18.7 Å². The predicted molar refractivity (Wildman–Crippen MR) is 72.9 cm³/mol. The van der Waals surface area contributed by atoms with Gasteiger partial charge in [-0.25, -0.2) is 13.6 Å². The Morgan fingerprint density at radius 2 is 2.05 bits per heavy atom. The lowest BCUT2D eigenvalue weighted by molar-refractivity contribution is -0.114. The molecule has 2 rings (SSSR count). The first-order valence-electron chi connectivity index (χ1n) is 6.94. The van der Waals surface area contributed by atoms with Gasteiger partial charge in [0.2, 0.25) is 5.92 Å². The van der Waals surface area contributed by atoms with Crippen LogP contribution in [0.4, 0.5) is 13.6 Å². The first-order chi connectivity index (χ1) is 9.98. The minimum Gasteiger partial charge on any atom is -0.445 e. The van der Waals surface area contributed by atoms with E-state index < -0.39 is 18.1 Å². The minimum atomic E-state index is -2.58. The summed E-state index contributed by atoms with van der Waals surface area (Å²) in [6, 6.07) is 8.64. The maximum Gasteiger partial charge on any atom is 0.407 e. The molecule has 1 amide bonds. The van der Waals surface area contributed by atoms with Gasteiger partial charge in [-0.2, -0.15) is 0 Å². The molecule has 0 bridgehead atoms. The largest absolute Gasteiger partial charge is 0.445 e. The number of carbonyl (C=O) groups is 1. The molecule has 1 aliphatic rings. The summed E-state index contributed by atoms with van der Waals surface area (Å²) in [5.74, 6) is -2.75. The summed E-state index contributed by atoms with van der Waals surface area (Å²) in [5.41, 5.74) is 0.854. The van der Waals surface area contributed by atoms with Crippen LogP contribution in [-0.4, -0.2) is 29.8 Å². The average Bonchev–Trinajstić information content (AvgIpc) is 2.43. The van der Waals surface area contributed by atoms with Gasteiger partial charge in [-0.15, -0.1) is 0 Å². The van der Waals surface area contributed by atoms with Gasteiger partial charge < -0.3 is 15.2 Å². The molecule has 0 aliphatic heterocycles. The highest BCUT2D eigenvalue weighted by Crippen LogP contribution is 2.44. The van der Waals surface area contributed by atoms with Crippen molar-refractivity contribution in [3.8, 4) is 0 Å². The number of aliphatic hydroxyl groups is 1. The molecule has 0 saturated heterocycles. The summed E-state index contributed by atoms with van der Waals surface area (Å²) in [4.78, 5) is 11.6. The normalized spacial score (nSPS) is 18.6. The number of nitrogens with one attached hydrogen (secondary N) is 1. The van der Waals surface area contributed by atoms with Gasteiger partial charge in [0.1, 0.15) is 6.61 Å². The Kier molecular flexibility index (Phi) is 5.12. The lowest BCUT2D eigenvalue weighted by Crippen LogP contribution is -2.44. The van der Waals surface area contributed by atoms with Gasteiger partial charge in [0.25, 0.3) is 0 Å². The van der Waals surface area contributed by atoms with Crippen molar-refractivity contribution in [3.05, 3.63) is 35.9 Å². The second kappa shape index (κ2) is 6.85. The third-order valence-corrected chi connectivity index (χ3v) is 3.55. The van der Waals surface area contributed by atoms with Crippen LogP contribution in [0.15, 0.2) is 30.3 Å². The SMILES string of the molecule is O=C(NC(CO)CC1CC(F)(F)C1)OCc1ccccc1. The molecule has 4 nitrogen and oxygen atoms in total. The van der Waals surface area contributed by atoms with E-state index in [1.165, 1.54) is 0 Å². The van der Waals surface area contributed by atoms with Crippen LogP contribution in [0.25, 0.3) is 0 Å². The molecule has 1 unspecified atom stereocenters. The molecule has 1 saturated carbocycles. The van der Waals surface area contributed by atoms with Gasteiger partial charge in [-0.05, 0) is 17.9 Å². The van der Waals surface area contributed by atoms with E-state index in [-0.39, 0.29) is 32.0 Å². The molecule has 1 fully saturated rings. The number of benzene rings is 1. The first kappa shape index (κ1) is 15.7. The summed E-state index contributed by atoms with van der Waals surface area (Å²) in [6.07, 6.45) is -0.662. The zero-order chi connectivity index (χ0) is 15.3. The number of aliphatic hydroxyl groups excluding tert-OH is 1. The van der Waals surface area contributed by atoms with E-state index in [2.05, 4.69) is 5.32 Å². The number of rotatable bonds is 6. The molecule has 1 aromatic carbocycles. The van der Waals surface area contributed by atoms with E-state index in [4.69, 9.17) is 4.74 Å². The van der Waals surface area contributed by atoms with E-state index in [1.807, 2.05) is 30.3 Å². The number of ether oxygens (including phenoxy) is 1. The van der Waals surface area contributed by atoms with Crippen molar-refractivity contribution in [1.29, 1.82) is 0 Å². The molecule has 0 heterocycles. The van der Waals surface area contributed by atoms with Crippen molar-refractivity contribution in [3.63, 3.8) is 0 Å². The van der Waals surface area contributed by atoms with Crippen LogP contribution >= 0.6 is 0 Å². The zero-order valence-electron chi connectivity index (χ0n) is 11.6. The molecule has 2 N–H and O–H groups in total. The quantitative estimate of drug-likeness (QED) is 0.849. The van der Waals surface area contributed by atoms with Gasteiger partial charge in [0.15, 0.2) is 0 Å². The molecule has 116 valence electrons. The lowest BCUT2D eigenvalue weighted by atomic mass is 9.77. The third kappa shape index (κ3) is 4.97. The summed E-state index contributed by atoms with van der Waals surface area (Å²) in [5, 5.41) is 11.7. The van der Waals surface area contributed by atoms with Crippen LogP contribution < -0.4 is 5.32 Å². The third-order valence-electron chi connectivity index (χ3n) is 3.55. The van der Waals surface area contributed by atoms with E-state index in [0.29, 0.717) is 6.42 Å². The smallest absolute Gasteiger partial charge is 0.407 e. The molecule has 1 aromatic rings. The van der Waals surface area contributed by atoms with Gasteiger partial charge in [0.05, 0.1) is 12.6 Å². The molecule has 1 aliphatic carbocycles. The lowest BCUT2D eigenvalue weighted by Gasteiger charge is -2.36. The Balaban J connectivity index is 1.70. The van der Waals surface area contributed by atoms with Crippen LogP contribution in [0, 0.1) is 5.92 Å². The monoisotopic (exact) mass is 299 g/mol. The Bertz CT molecular complexity index is 459. The van der Waals surface area contributed by atoms with Gasteiger partial charge >= 0.3 is 6.09 Å². The van der Waals surface area contributed by atoms with E-state index >= 15 is 0 Å². The fourth-order valence-electron chi connectivity index (χ4n) is 2.46. The number of alkyl carbamates (subject to hydrolysis) is 1. The Labute approximate surface area is 122 Å². The van der Waals surface area contributed by atoms with Crippen LogP contribution in [0.1, 0.15) is 24.8 Å². The maximum absolute atomic E-state index is 12.7. The number of hydrogen-bond donors (Lipinski definition) is 2. The van der Waals surface area contributed by atoms with E-state index in [0.717, 1.165) is 5.56 Å². The highest BCUT2D eigenvalue weighted by molar-refractivity contribution is 5.67. The average molecular weight is 299 g/mol. The molecular weight excluding hydrogens is 280 g/mol. The minimum absolute atomic E-state index is 0.131. The van der Waals surface area contributed by atoms with Gasteiger partial charge in [0, 0.05) is 12.8 Å². The summed E-state index contributed by atoms with van der Waals surface area (Å²) >= 11 is 0. The molecule has 0 aromatic heterocycles. The maximum atomic E-state index is 12.7. The first-order valence-corrected chi connectivity index (χ1v) is 6.94. The van der Waals surface area contributed by atoms with Crippen LogP contribution in [0.2, 0.25) is 0 Å².